The number of ether oxygens (including phenoxy) is 1. The Morgan fingerprint density at radius 3 is 2.56 bits per heavy atom. The third-order valence-electron chi connectivity index (χ3n) is 2.96. The molecule has 2 aromatic rings. The number of aryl methyl sites for hydroxylation is 1. The van der Waals surface area contributed by atoms with Gasteiger partial charge in [0.2, 0.25) is 0 Å². The van der Waals surface area contributed by atoms with Crippen LogP contribution in [0.4, 0.5) is 0 Å². The van der Waals surface area contributed by atoms with Crippen LogP contribution in [0.3, 0.4) is 0 Å². The molecule has 3 nitrogen and oxygen atoms in total. The fourth-order valence-electron chi connectivity index (χ4n) is 1.65. The van der Waals surface area contributed by atoms with E-state index in [0.29, 0.717) is 0 Å². The summed E-state index contributed by atoms with van der Waals surface area (Å²) in [6, 6.07) is 12.1. The molecule has 2 rings (SSSR count). The second-order valence-corrected chi connectivity index (χ2v) is 4.30. The van der Waals surface area contributed by atoms with E-state index in [1.807, 2.05) is 50.4 Å². The Morgan fingerprint density at radius 1 is 1.17 bits per heavy atom. The van der Waals surface area contributed by atoms with Gasteiger partial charge in [0.1, 0.15) is 11.5 Å². The topological polar surface area (TPSA) is 34.1 Å². The molecule has 94 valence electrons. The molecule has 0 spiro atoms. The summed E-state index contributed by atoms with van der Waals surface area (Å²) in [6.07, 6.45) is 1.76. The van der Waals surface area contributed by atoms with Crippen LogP contribution in [0, 0.1) is 6.92 Å². The van der Waals surface area contributed by atoms with E-state index in [9.17, 15) is 0 Å². The Balaban J connectivity index is 2.14. The van der Waals surface area contributed by atoms with Gasteiger partial charge in [-0.05, 0) is 44.7 Å². The molecular weight excluding hydrogens is 224 g/mol. The number of pyridine rings is 1. The molecule has 3 heteroatoms. The zero-order valence-corrected chi connectivity index (χ0v) is 11.0. The van der Waals surface area contributed by atoms with Gasteiger partial charge in [-0.1, -0.05) is 18.2 Å². The molecule has 0 radical (unpaired) electrons. The van der Waals surface area contributed by atoms with E-state index in [1.54, 1.807) is 6.20 Å². The normalized spacial score (nSPS) is 12.2. The van der Waals surface area contributed by atoms with Crippen molar-refractivity contribution in [3.8, 4) is 11.5 Å². The van der Waals surface area contributed by atoms with Gasteiger partial charge in [0.15, 0.2) is 0 Å². The minimum Gasteiger partial charge on any atom is -0.455 e. The van der Waals surface area contributed by atoms with E-state index in [-0.39, 0.29) is 6.04 Å². The lowest BCUT2D eigenvalue weighted by Crippen LogP contribution is -2.13. The Bertz CT molecular complexity index is 508. The van der Waals surface area contributed by atoms with Gasteiger partial charge in [-0.2, -0.15) is 0 Å². The van der Waals surface area contributed by atoms with Crippen molar-refractivity contribution in [3.63, 3.8) is 0 Å². The summed E-state index contributed by atoms with van der Waals surface area (Å²) in [5.74, 6) is 1.63. The average Bonchev–Trinajstić information content (AvgIpc) is 2.41. The number of para-hydroxylation sites is 1. The first-order valence-corrected chi connectivity index (χ1v) is 6.07. The molecule has 0 saturated heterocycles. The van der Waals surface area contributed by atoms with Crippen LogP contribution in [-0.2, 0) is 0 Å². The highest BCUT2D eigenvalue weighted by atomic mass is 16.5. The van der Waals surface area contributed by atoms with Gasteiger partial charge >= 0.3 is 0 Å². The molecule has 1 N–H and O–H groups in total. The van der Waals surface area contributed by atoms with Gasteiger partial charge in [-0.3, -0.25) is 4.98 Å². The Hall–Kier alpha value is -1.87. The van der Waals surface area contributed by atoms with E-state index in [1.165, 1.54) is 0 Å². The second-order valence-electron chi connectivity index (χ2n) is 4.30. The number of nitrogens with one attached hydrogen (secondary N) is 1. The van der Waals surface area contributed by atoms with Gasteiger partial charge in [-0.15, -0.1) is 0 Å². The molecule has 0 aliphatic heterocycles. The maximum absolute atomic E-state index is 5.79. The van der Waals surface area contributed by atoms with Crippen LogP contribution in [0.25, 0.3) is 0 Å². The first-order valence-electron chi connectivity index (χ1n) is 6.07. The monoisotopic (exact) mass is 242 g/mol. The van der Waals surface area contributed by atoms with Crippen molar-refractivity contribution >= 4 is 0 Å². The minimum atomic E-state index is 0.248. The quantitative estimate of drug-likeness (QED) is 0.891. The summed E-state index contributed by atoms with van der Waals surface area (Å²) in [4.78, 5) is 4.39. The molecule has 0 bridgehead atoms. The highest BCUT2D eigenvalue weighted by molar-refractivity contribution is 5.36. The van der Waals surface area contributed by atoms with E-state index < -0.39 is 0 Å². The molecule has 0 amide bonds. The van der Waals surface area contributed by atoms with Gasteiger partial charge in [0.25, 0.3) is 0 Å². The molecule has 0 saturated carbocycles. The standard InChI is InChI=1S/C15H18N2O/c1-11-6-4-5-7-15(11)18-13-8-9-14(17-10-13)12(2)16-3/h4-10,12,16H,1-3H3. The molecule has 0 aliphatic rings. The van der Waals surface area contributed by atoms with Crippen LogP contribution < -0.4 is 10.1 Å². The van der Waals surface area contributed by atoms with Crippen molar-refractivity contribution in [1.29, 1.82) is 0 Å². The summed E-state index contributed by atoms with van der Waals surface area (Å²) < 4.78 is 5.79. The molecular formula is C15H18N2O. The number of hydrogen-bond donors (Lipinski definition) is 1. The van der Waals surface area contributed by atoms with Crippen molar-refractivity contribution in [3.05, 3.63) is 53.9 Å². The van der Waals surface area contributed by atoms with Crippen LogP contribution in [0.2, 0.25) is 0 Å². The number of aromatic nitrogens is 1. The average molecular weight is 242 g/mol. The minimum absolute atomic E-state index is 0.248. The summed E-state index contributed by atoms with van der Waals surface area (Å²) in [6.45, 7) is 4.10. The smallest absolute Gasteiger partial charge is 0.145 e. The Morgan fingerprint density at radius 2 is 1.94 bits per heavy atom. The molecule has 1 aromatic carbocycles. The lowest BCUT2D eigenvalue weighted by Gasteiger charge is -2.11. The summed E-state index contributed by atoms with van der Waals surface area (Å²) >= 11 is 0. The number of rotatable bonds is 4. The molecule has 0 fully saturated rings. The maximum atomic E-state index is 5.79. The van der Waals surface area contributed by atoms with Gasteiger partial charge in [-0.25, -0.2) is 0 Å². The summed E-state index contributed by atoms with van der Waals surface area (Å²) in [7, 11) is 1.92. The van der Waals surface area contributed by atoms with Crippen molar-refractivity contribution in [2.45, 2.75) is 19.9 Å². The van der Waals surface area contributed by atoms with Crippen LogP contribution in [0.1, 0.15) is 24.2 Å². The first-order chi connectivity index (χ1) is 8.70. The number of nitrogens with zero attached hydrogens (tertiary/aromatic N) is 1. The van der Waals surface area contributed by atoms with Gasteiger partial charge in [0.05, 0.1) is 11.9 Å². The number of hydrogen-bond acceptors (Lipinski definition) is 3. The van der Waals surface area contributed by atoms with E-state index in [4.69, 9.17) is 4.74 Å². The van der Waals surface area contributed by atoms with Crippen molar-refractivity contribution in [1.82, 2.24) is 10.3 Å². The third-order valence-corrected chi connectivity index (χ3v) is 2.96. The van der Waals surface area contributed by atoms with Gasteiger partial charge in [0, 0.05) is 6.04 Å². The lowest BCUT2D eigenvalue weighted by molar-refractivity contribution is 0.475. The largest absolute Gasteiger partial charge is 0.455 e. The van der Waals surface area contributed by atoms with Crippen molar-refractivity contribution in [2.24, 2.45) is 0 Å². The van der Waals surface area contributed by atoms with Crippen LogP contribution >= 0.6 is 0 Å². The summed E-state index contributed by atoms with van der Waals surface area (Å²) in [5, 5.41) is 3.16. The summed E-state index contributed by atoms with van der Waals surface area (Å²) in [5.41, 5.74) is 2.12. The third kappa shape index (κ3) is 2.87. The molecule has 18 heavy (non-hydrogen) atoms. The molecule has 1 aromatic heterocycles. The van der Waals surface area contributed by atoms with Crippen molar-refractivity contribution in [2.75, 3.05) is 7.05 Å². The molecule has 1 atom stereocenters. The number of benzene rings is 1. The fraction of sp³-hybridized carbons (Fsp3) is 0.267. The Labute approximate surface area is 108 Å². The lowest BCUT2D eigenvalue weighted by atomic mass is 10.2. The van der Waals surface area contributed by atoms with Crippen LogP contribution in [-0.4, -0.2) is 12.0 Å². The van der Waals surface area contributed by atoms with E-state index >= 15 is 0 Å². The fourth-order valence-corrected chi connectivity index (χ4v) is 1.65. The predicted octanol–water partition coefficient (Wildman–Crippen LogP) is 3.46. The zero-order chi connectivity index (χ0) is 13.0. The predicted molar refractivity (Wildman–Crippen MR) is 73.0 cm³/mol. The van der Waals surface area contributed by atoms with E-state index in [0.717, 1.165) is 22.8 Å². The second kappa shape index (κ2) is 5.65. The highest BCUT2D eigenvalue weighted by Crippen LogP contribution is 2.24. The maximum Gasteiger partial charge on any atom is 0.145 e. The first kappa shape index (κ1) is 12.6. The molecule has 1 heterocycles. The molecule has 0 aliphatic carbocycles. The van der Waals surface area contributed by atoms with Gasteiger partial charge < -0.3 is 10.1 Å². The zero-order valence-electron chi connectivity index (χ0n) is 11.0. The Kier molecular flexibility index (Phi) is 3.95. The van der Waals surface area contributed by atoms with Crippen LogP contribution in [0.15, 0.2) is 42.6 Å². The highest BCUT2D eigenvalue weighted by Gasteiger charge is 2.05. The van der Waals surface area contributed by atoms with Crippen molar-refractivity contribution < 1.29 is 4.74 Å². The van der Waals surface area contributed by atoms with Crippen LogP contribution in [0.5, 0.6) is 11.5 Å². The van der Waals surface area contributed by atoms with E-state index in [2.05, 4.69) is 17.2 Å². The molecule has 1 unspecified atom stereocenters. The SMILES string of the molecule is CNC(C)c1ccc(Oc2ccccc2C)cn1.